The minimum Gasteiger partial charge on any atom is -0.394 e. The van der Waals surface area contributed by atoms with Crippen LogP contribution in [0.25, 0.3) is 0 Å². The second-order valence-electron chi connectivity index (χ2n) is 4.93. The van der Waals surface area contributed by atoms with Crippen molar-refractivity contribution in [2.75, 3.05) is 33.8 Å². The van der Waals surface area contributed by atoms with E-state index >= 15 is 0 Å². The van der Waals surface area contributed by atoms with Gasteiger partial charge in [-0.2, -0.15) is 5.10 Å². The summed E-state index contributed by atoms with van der Waals surface area (Å²) in [5.41, 5.74) is 3.47. The van der Waals surface area contributed by atoms with Crippen LogP contribution in [0.15, 0.2) is 0 Å². The zero-order valence-corrected chi connectivity index (χ0v) is 12.0. The second-order valence-corrected chi connectivity index (χ2v) is 4.93. The molecular formula is C13H26N4O. The van der Waals surface area contributed by atoms with Crippen molar-refractivity contribution in [3.8, 4) is 0 Å². The minimum atomic E-state index is 0.137. The molecule has 0 radical (unpaired) electrons. The Balaban J connectivity index is 2.42. The summed E-state index contributed by atoms with van der Waals surface area (Å²) in [7, 11) is 4.18. The number of aliphatic hydroxyl groups is 1. The monoisotopic (exact) mass is 254 g/mol. The Morgan fingerprint density at radius 2 is 2.06 bits per heavy atom. The molecule has 0 aliphatic heterocycles. The van der Waals surface area contributed by atoms with Crippen LogP contribution in [0.3, 0.4) is 0 Å². The molecule has 0 aromatic carbocycles. The first-order valence-electron chi connectivity index (χ1n) is 6.55. The SMILES string of the molecule is Cc1nn(CCO)c(C)c1CNCCCN(C)C. The zero-order valence-electron chi connectivity index (χ0n) is 12.0. The van der Waals surface area contributed by atoms with Crippen molar-refractivity contribution in [3.05, 3.63) is 17.0 Å². The molecule has 18 heavy (non-hydrogen) atoms. The second kappa shape index (κ2) is 7.51. The van der Waals surface area contributed by atoms with Gasteiger partial charge in [0, 0.05) is 17.8 Å². The summed E-state index contributed by atoms with van der Waals surface area (Å²) < 4.78 is 1.88. The first-order valence-corrected chi connectivity index (χ1v) is 6.55. The molecule has 0 saturated carbocycles. The van der Waals surface area contributed by atoms with Crippen molar-refractivity contribution in [1.82, 2.24) is 20.0 Å². The highest BCUT2D eigenvalue weighted by Gasteiger charge is 2.10. The maximum Gasteiger partial charge on any atom is 0.0644 e. The van der Waals surface area contributed by atoms with Crippen molar-refractivity contribution < 1.29 is 5.11 Å². The molecule has 0 aliphatic carbocycles. The summed E-state index contributed by atoms with van der Waals surface area (Å²) in [5, 5.41) is 16.8. The van der Waals surface area contributed by atoms with Gasteiger partial charge in [-0.3, -0.25) is 4.68 Å². The molecule has 2 N–H and O–H groups in total. The Hall–Kier alpha value is -0.910. The van der Waals surface area contributed by atoms with Gasteiger partial charge < -0.3 is 15.3 Å². The fraction of sp³-hybridized carbons (Fsp3) is 0.769. The van der Waals surface area contributed by atoms with E-state index in [1.54, 1.807) is 0 Å². The first kappa shape index (κ1) is 15.1. The largest absolute Gasteiger partial charge is 0.394 e. The maximum atomic E-state index is 8.96. The molecule has 5 heteroatoms. The van der Waals surface area contributed by atoms with Crippen molar-refractivity contribution in [1.29, 1.82) is 0 Å². The number of nitrogens with zero attached hydrogens (tertiary/aromatic N) is 3. The van der Waals surface area contributed by atoms with Gasteiger partial charge in [0.1, 0.15) is 0 Å². The predicted molar refractivity (Wildman–Crippen MR) is 73.7 cm³/mol. The number of aryl methyl sites for hydroxylation is 1. The quantitative estimate of drug-likeness (QED) is 0.665. The normalized spacial score (nSPS) is 11.4. The smallest absolute Gasteiger partial charge is 0.0644 e. The van der Waals surface area contributed by atoms with Crippen molar-refractivity contribution >= 4 is 0 Å². The molecule has 1 heterocycles. The number of hydrogen-bond acceptors (Lipinski definition) is 4. The van der Waals surface area contributed by atoms with Gasteiger partial charge in [-0.05, 0) is 47.5 Å². The van der Waals surface area contributed by atoms with Crippen LogP contribution in [0.1, 0.15) is 23.4 Å². The summed E-state index contributed by atoms with van der Waals surface area (Å²) in [6.07, 6.45) is 1.15. The molecular weight excluding hydrogens is 228 g/mol. The highest BCUT2D eigenvalue weighted by molar-refractivity contribution is 5.24. The van der Waals surface area contributed by atoms with E-state index in [-0.39, 0.29) is 6.61 Å². The van der Waals surface area contributed by atoms with E-state index in [0.29, 0.717) is 6.54 Å². The van der Waals surface area contributed by atoms with Crippen LogP contribution >= 0.6 is 0 Å². The lowest BCUT2D eigenvalue weighted by Crippen LogP contribution is -2.21. The van der Waals surface area contributed by atoms with Crippen LogP contribution in [-0.2, 0) is 13.1 Å². The van der Waals surface area contributed by atoms with Gasteiger partial charge in [-0.25, -0.2) is 0 Å². The Labute approximate surface area is 110 Å². The van der Waals surface area contributed by atoms with Crippen molar-refractivity contribution in [3.63, 3.8) is 0 Å². The average molecular weight is 254 g/mol. The highest BCUT2D eigenvalue weighted by atomic mass is 16.3. The molecule has 0 unspecified atom stereocenters. The molecule has 1 aromatic rings. The summed E-state index contributed by atoms with van der Waals surface area (Å²) in [4.78, 5) is 2.19. The number of rotatable bonds is 8. The summed E-state index contributed by atoms with van der Waals surface area (Å²) in [5.74, 6) is 0. The Kier molecular flexibility index (Phi) is 6.32. The standard InChI is InChI=1S/C13H26N4O/c1-11-13(10-14-6-5-7-16(3)4)12(2)17(15-11)8-9-18/h14,18H,5-10H2,1-4H3. The molecule has 0 amide bonds. The van der Waals surface area contributed by atoms with E-state index in [0.717, 1.165) is 37.4 Å². The van der Waals surface area contributed by atoms with Gasteiger partial charge >= 0.3 is 0 Å². The van der Waals surface area contributed by atoms with E-state index in [1.165, 1.54) is 5.56 Å². The molecule has 0 spiro atoms. The molecule has 104 valence electrons. The van der Waals surface area contributed by atoms with Gasteiger partial charge in [0.25, 0.3) is 0 Å². The third-order valence-electron chi connectivity index (χ3n) is 3.10. The number of hydrogen-bond donors (Lipinski definition) is 2. The Bertz CT molecular complexity index is 360. The van der Waals surface area contributed by atoms with Crippen molar-refractivity contribution in [2.24, 2.45) is 0 Å². The van der Waals surface area contributed by atoms with Crippen LogP contribution in [0, 0.1) is 13.8 Å². The first-order chi connectivity index (χ1) is 8.56. The van der Waals surface area contributed by atoms with E-state index in [9.17, 15) is 0 Å². The number of aromatic nitrogens is 2. The van der Waals surface area contributed by atoms with E-state index in [2.05, 4.69) is 36.3 Å². The van der Waals surface area contributed by atoms with Gasteiger partial charge in [0.05, 0.1) is 18.8 Å². The molecule has 0 aliphatic rings. The lowest BCUT2D eigenvalue weighted by molar-refractivity contribution is 0.267. The minimum absolute atomic E-state index is 0.137. The summed E-state index contributed by atoms with van der Waals surface area (Å²) in [6, 6.07) is 0. The van der Waals surface area contributed by atoms with Crippen LogP contribution in [0.4, 0.5) is 0 Å². The van der Waals surface area contributed by atoms with Gasteiger partial charge in [0.2, 0.25) is 0 Å². The molecule has 0 saturated heterocycles. The van der Waals surface area contributed by atoms with Crippen LogP contribution < -0.4 is 5.32 Å². The van der Waals surface area contributed by atoms with Crippen molar-refractivity contribution in [2.45, 2.75) is 33.4 Å². The van der Waals surface area contributed by atoms with Crippen LogP contribution in [0.5, 0.6) is 0 Å². The lowest BCUT2D eigenvalue weighted by Gasteiger charge is -2.10. The summed E-state index contributed by atoms with van der Waals surface area (Å²) >= 11 is 0. The molecule has 0 bridgehead atoms. The van der Waals surface area contributed by atoms with Gasteiger partial charge in [-0.15, -0.1) is 0 Å². The molecule has 5 nitrogen and oxygen atoms in total. The number of aliphatic hydroxyl groups excluding tert-OH is 1. The van der Waals surface area contributed by atoms with Gasteiger partial charge in [-0.1, -0.05) is 0 Å². The zero-order chi connectivity index (χ0) is 13.5. The lowest BCUT2D eigenvalue weighted by atomic mass is 10.2. The Morgan fingerprint density at radius 3 is 2.67 bits per heavy atom. The van der Waals surface area contributed by atoms with E-state index in [1.807, 2.05) is 11.6 Å². The third kappa shape index (κ3) is 4.40. The fourth-order valence-corrected chi connectivity index (χ4v) is 2.04. The van der Waals surface area contributed by atoms with Crippen LogP contribution in [-0.4, -0.2) is 53.6 Å². The average Bonchev–Trinajstić information content (AvgIpc) is 2.56. The summed E-state index contributed by atoms with van der Waals surface area (Å²) in [6.45, 7) is 7.78. The molecule has 1 aromatic heterocycles. The highest BCUT2D eigenvalue weighted by Crippen LogP contribution is 2.12. The topological polar surface area (TPSA) is 53.3 Å². The number of nitrogens with one attached hydrogen (secondary N) is 1. The van der Waals surface area contributed by atoms with E-state index in [4.69, 9.17) is 5.11 Å². The molecule has 0 fully saturated rings. The van der Waals surface area contributed by atoms with Gasteiger partial charge in [0.15, 0.2) is 0 Å². The van der Waals surface area contributed by atoms with E-state index < -0.39 is 0 Å². The fourth-order valence-electron chi connectivity index (χ4n) is 2.04. The van der Waals surface area contributed by atoms with Crippen LogP contribution in [0.2, 0.25) is 0 Å². The Morgan fingerprint density at radius 1 is 1.33 bits per heavy atom. The third-order valence-corrected chi connectivity index (χ3v) is 3.10. The predicted octanol–water partition coefficient (Wildman–Crippen LogP) is 0.534. The molecule has 0 atom stereocenters. The maximum absolute atomic E-state index is 8.96. The molecule has 1 rings (SSSR count).